The molecule has 8 atom stereocenters. The fourth-order valence-corrected chi connectivity index (χ4v) is 9.62. The summed E-state index contributed by atoms with van der Waals surface area (Å²) in [7, 11) is 0. The zero-order valence-corrected chi connectivity index (χ0v) is 22.6. The van der Waals surface area contributed by atoms with Crippen LogP contribution in [0.15, 0.2) is 11.1 Å². The standard InChI is InChI=1S/C30H53NO/c1-19(2)24(31)11-9-20(3)21-13-17-30(8)23-10-12-25-27(4,5)26(32)15-16-28(25,6)22(23)14-18-29(21,30)7/h19-21,24-26,32H,9-18,31H2,1-8H3/t20-,21?,24?,25+,26+,28-,29-,30+/m1/s1. The Morgan fingerprint density at radius 1 is 0.875 bits per heavy atom. The molecule has 0 aromatic carbocycles. The van der Waals surface area contributed by atoms with Crippen molar-refractivity contribution in [1.82, 2.24) is 0 Å². The van der Waals surface area contributed by atoms with Crippen LogP contribution < -0.4 is 5.73 Å². The molecule has 0 saturated heterocycles. The summed E-state index contributed by atoms with van der Waals surface area (Å²) in [5.74, 6) is 2.81. The van der Waals surface area contributed by atoms with Gasteiger partial charge in [-0.05, 0) is 110 Å². The van der Waals surface area contributed by atoms with E-state index in [1.807, 2.05) is 11.1 Å². The van der Waals surface area contributed by atoms with E-state index in [1.165, 1.54) is 57.8 Å². The number of allylic oxidation sites excluding steroid dienone is 2. The van der Waals surface area contributed by atoms with Gasteiger partial charge in [-0.2, -0.15) is 0 Å². The number of fused-ring (bicyclic) bond motifs is 4. The van der Waals surface area contributed by atoms with Crippen molar-refractivity contribution in [3.05, 3.63) is 11.1 Å². The molecule has 2 saturated carbocycles. The Hall–Kier alpha value is -0.340. The fourth-order valence-electron chi connectivity index (χ4n) is 9.62. The average Bonchev–Trinajstić information content (AvgIpc) is 3.00. The van der Waals surface area contributed by atoms with Crippen molar-refractivity contribution >= 4 is 0 Å². The Morgan fingerprint density at radius 3 is 2.22 bits per heavy atom. The molecule has 2 nitrogen and oxygen atoms in total. The molecule has 4 rings (SSSR count). The molecule has 0 amide bonds. The van der Waals surface area contributed by atoms with Gasteiger partial charge in [-0.3, -0.25) is 0 Å². The molecule has 184 valence electrons. The maximum atomic E-state index is 10.8. The largest absolute Gasteiger partial charge is 0.393 e. The summed E-state index contributed by atoms with van der Waals surface area (Å²) in [5, 5.41) is 10.8. The highest BCUT2D eigenvalue weighted by atomic mass is 16.3. The van der Waals surface area contributed by atoms with Gasteiger partial charge in [0.25, 0.3) is 0 Å². The van der Waals surface area contributed by atoms with Crippen LogP contribution in [0, 0.1) is 45.3 Å². The molecule has 2 fully saturated rings. The van der Waals surface area contributed by atoms with Crippen LogP contribution in [-0.2, 0) is 0 Å². The van der Waals surface area contributed by atoms with E-state index >= 15 is 0 Å². The molecule has 3 N–H and O–H groups in total. The molecule has 0 aromatic rings. The van der Waals surface area contributed by atoms with Gasteiger partial charge in [0.05, 0.1) is 6.10 Å². The molecule has 0 aliphatic heterocycles. The summed E-state index contributed by atoms with van der Waals surface area (Å²) in [6.07, 6.45) is 12.5. The first-order valence-electron chi connectivity index (χ1n) is 14.0. The maximum Gasteiger partial charge on any atom is 0.0594 e. The van der Waals surface area contributed by atoms with Crippen LogP contribution in [0.3, 0.4) is 0 Å². The molecule has 0 spiro atoms. The van der Waals surface area contributed by atoms with Gasteiger partial charge in [0.15, 0.2) is 0 Å². The summed E-state index contributed by atoms with van der Waals surface area (Å²) in [6.45, 7) is 19.6. The van der Waals surface area contributed by atoms with Gasteiger partial charge < -0.3 is 10.8 Å². The topological polar surface area (TPSA) is 46.2 Å². The highest BCUT2D eigenvalue weighted by Gasteiger charge is 2.63. The van der Waals surface area contributed by atoms with Crippen LogP contribution in [0.5, 0.6) is 0 Å². The normalized spacial score (nSPS) is 45.3. The Labute approximate surface area is 199 Å². The molecule has 32 heavy (non-hydrogen) atoms. The Balaban J connectivity index is 1.62. The third-order valence-electron chi connectivity index (χ3n) is 12.3. The number of hydrogen-bond donors (Lipinski definition) is 2. The highest BCUT2D eigenvalue weighted by molar-refractivity contribution is 5.38. The molecular weight excluding hydrogens is 390 g/mol. The smallest absolute Gasteiger partial charge is 0.0594 e. The molecule has 2 heteroatoms. The van der Waals surface area contributed by atoms with Crippen molar-refractivity contribution in [3.8, 4) is 0 Å². The second-order valence-electron chi connectivity index (χ2n) is 14.2. The van der Waals surface area contributed by atoms with E-state index in [1.54, 1.807) is 0 Å². The van der Waals surface area contributed by atoms with Gasteiger partial charge in [-0.15, -0.1) is 0 Å². The van der Waals surface area contributed by atoms with Gasteiger partial charge >= 0.3 is 0 Å². The molecule has 2 unspecified atom stereocenters. The van der Waals surface area contributed by atoms with Crippen LogP contribution in [-0.4, -0.2) is 17.3 Å². The van der Waals surface area contributed by atoms with Crippen LogP contribution in [0.2, 0.25) is 0 Å². The minimum Gasteiger partial charge on any atom is -0.393 e. The molecule has 0 bridgehead atoms. The van der Waals surface area contributed by atoms with E-state index in [2.05, 4.69) is 55.4 Å². The molecule has 4 aliphatic carbocycles. The van der Waals surface area contributed by atoms with Crippen molar-refractivity contribution in [2.75, 3.05) is 0 Å². The SMILES string of the molecule is CC(C)C(N)CC[C@@H](C)C1CC[C@@]2(C)C3=C(CC[C@]12C)[C@@]1(C)CC[C@H](O)C(C)(C)[C@@H]1CC3. The van der Waals surface area contributed by atoms with Crippen LogP contribution in [0.4, 0.5) is 0 Å². The van der Waals surface area contributed by atoms with Crippen molar-refractivity contribution in [1.29, 1.82) is 0 Å². The van der Waals surface area contributed by atoms with Gasteiger partial charge in [-0.25, -0.2) is 0 Å². The zero-order chi connectivity index (χ0) is 23.7. The van der Waals surface area contributed by atoms with Gasteiger partial charge in [0, 0.05) is 6.04 Å². The number of aliphatic hydroxyl groups is 1. The Morgan fingerprint density at radius 2 is 1.56 bits per heavy atom. The highest BCUT2D eigenvalue weighted by Crippen LogP contribution is 2.72. The van der Waals surface area contributed by atoms with E-state index < -0.39 is 0 Å². The third kappa shape index (κ3) is 3.40. The average molecular weight is 444 g/mol. The van der Waals surface area contributed by atoms with E-state index in [-0.39, 0.29) is 11.5 Å². The molecule has 4 aliphatic rings. The summed E-state index contributed by atoms with van der Waals surface area (Å²) in [5.41, 5.74) is 11.3. The van der Waals surface area contributed by atoms with Crippen LogP contribution in [0.25, 0.3) is 0 Å². The minimum atomic E-state index is -0.138. The van der Waals surface area contributed by atoms with E-state index in [9.17, 15) is 5.11 Å². The van der Waals surface area contributed by atoms with Crippen LogP contribution >= 0.6 is 0 Å². The predicted molar refractivity (Wildman–Crippen MR) is 136 cm³/mol. The second kappa shape index (κ2) is 8.11. The molecule has 0 radical (unpaired) electrons. The summed E-state index contributed by atoms with van der Waals surface area (Å²) in [6, 6.07) is 0.346. The number of rotatable bonds is 5. The van der Waals surface area contributed by atoms with Crippen molar-refractivity contribution in [3.63, 3.8) is 0 Å². The lowest BCUT2D eigenvalue weighted by molar-refractivity contribution is -0.0962. The molecular formula is C30H53NO. The van der Waals surface area contributed by atoms with Crippen molar-refractivity contribution < 1.29 is 5.11 Å². The lowest BCUT2D eigenvalue weighted by Crippen LogP contribution is -2.55. The predicted octanol–water partition coefficient (Wildman–Crippen LogP) is 7.50. The Bertz CT molecular complexity index is 752. The minimum absolute atomic E-state index is 0.0368. The van der Waals surface area contributed by atoms with Crippen molar-refractivity contribution in [2.24, 2.45) is 51.1 Å². The van der Waals surface area contributed by atoms with Gasteiger partial charge in [0.2, 0.25) is 0 Å². The van der Waals surface area contributed by atoms with E-state index in [0.29, 0.717) is 34.1 Å². The molecule has 0 aromatic heterocycles. The first-order chi connectivity index (χ1) is 14.8. The van der Waals surface area contributed by atoms with E-state index in [0.717, 1.165) is 18.3 Å². The summed E-state index contributed by atoms with van der Waals surface area (Å²) < 4.78 is 0. The molecule has 0 heterocycles. The first kappa shape index (κ1) is 24.8. The third-order valence-corrected chi connectivity index (χ3v) is 12.3. The quantitative estimate of drug-likeness (QED) is 0.432. The number of nitrogens with two attached hydrogens (primary N) is 1. The fraction of sp³-hybridized carbons (Fsp3) is 0.933. The van der Waals surface area contributed by atoms with Gasteiger partial charge in [0.1, 0.15) is 0 Å². The van der Waals surface area contributed by atoms with Crippen molar-refractivity contribution in [2.45, 2.75) is 132 Å². The Kier molecular flexibility index (Phi) is 6.28. The van der Waals surface area contributed by atoms with Gasteiger partial charge in [-0.1, -0.05) is 66.5 Å². The number of aliphatic hydroxyl groups excluding tert-OH is 1. The first-order valence-corrected chi connectivity index (χ1v) is 14.0. The lowest BCUT2D eigenvalue weighted by atomic mass is 9.43. The second-order valence-corrected chi connectivity index (χ2v) is 14.2. The summed E-state index contributed by atoms with van der Waals surface area (Å²) in [4.78, 5) is 0. The zero-order valence-electron chi connectivity index (χ0n) is 22.6. The number of hydrogen-bond acceptors (Lipinski definition) is 2. The van der Waals surface area contributed by atoms with Crippen LogP contribution in [0.1, 0.15) is 120 Å². The van der Waals surface area contributed by atoms with E-state index in [4.69, 9.17) is 5.73 Å². The summed E-state index contributed by atoms with van der Waals surface area (Å²) >= 11 is 0. The lowest BCUT2D eigenvalue weighted by Gasteiger charge is -2.62. The maximum absolute atomic E-state index is 10.8. The monoisotopic (exact) mass is 443 g/mol.